The standard InChI is InChI=1S/C20H20N8O2/c29-19(21-10-15-26-20(30-27-15)14-4-2-1-3-5-14)13-6-8-28(9-7-13)18-16-17(23-11-22-16)24-12-25-18/h1-5,11-13H,6-10H2,(H,21,29)(H,22,23,24,25). The first-order valence-electron chi connectivity index (χ1n) is 9.82. The number of carbonyl (C=O) groups is 1. The first kappa shape index (κ1) is 18.2. The first-order chi connectivity index (χ1) is 14.8. The van der Waals surface area contributed by atoms with Crippen LogP contribution in [0, 0.1) is 5.92 Å². The van der Waals surface area contributed by atoms with Crippen LogP contribution in [0.2, 0.25) is 0 Å². The van der Waals surface area contributed by atoms with E-state index >= 15 is 0 Å². The molecule has 1 aliphatic rings. The molecule has 152 valence electrons. The van der Waals surface area contributed by atoms with E-state index in [2.05, 4.69) is 40.3 Å². The van der Waals surface area contributed by atoms with Gasteiger partial charge in [-0.15, -0.1) is 0 Å². The molecule has 10 nitrogen and oxygen atoms in total. The highest BCUT2D eigenvalue weighted by Gasteiger charge is 2.27. The van der Waals surface area contributed by atoms with Gasteiger partial charge in [0.05, 0.1) is 12.9 Å². The molecule has 0 saturated carbocycles. The molecule has 1 aliphatic heterocycles. The Balaban J connectivity index is 1.16. The topological polar surface area (TPSA) is 126 Å². The lowest BCUT2D eigenvalue weighted by Gasteiger charge is -2.32. The van der Waals surface area contributed by atoms with Crippen molar-refractivity contribution >= 4 is 22.9 Å². The van der Waals surface area contributed by atoms with Gasteiger partial charge in [-0.3, -0.25) is 4.79 Å². The molecule has 2 N–H and O–H groups in total. The Hall–Kier alpha value is -3.82. The first-order valence-corrected chi connectivity index (χ1v) is 9.82. The molecule has 0 aliphatic carbocycles. The molecule has 5 rings (SSSR count). The summed E-state index contributed by atoms with van der Waals surface area (Å²) in [5, 5.41) is 6.88. The maximum absolute atomic E-state index is 12.6. The van der Waals surface area contributed by atoms with E-state index in [1.54, 1.807) is 6.33 Å². The molecule has 0 unspecified atom stereocenters. The number of benzene rings is 1. The number of fused-ring (bicyclic) bond motifs is 1. The number of anilines is 1. The zero-order chi connectivity index (χ0) is 20.3. The summed E-state index contributed by atoms with van der Waals surface area (Å²) in [6.45, 7) is 1.73. The van der Waals surface area contributed by atoms with Crippen LogP contribution >= 0.6 is 0 Å². The van der Waals surface area contributed by atoms with Crippen molar-refractivity contribution in [3.8, 4) is 11.5 Å². The molecule has 1 saturated heterocycles. The lowest BCUT2D eigenvalue weighted by atomic mass is 9.96. The van der Waals surface area contributed by atoms with Gasteiger partial charge in [0.2, 0.25) is 5.91 Å². The molecule has 0 bridgehead atoms. The van der Waals surface area contributed by atoms with Crippen LogP contribution in [-0.4, -0.2) is 49.1 Å². The molecule has 1 fully saturated rings. The summed E-state index contributed by atoms with van der Waals surface area (Å²) in [6.07, 6.45) is 4.62. The number of aromatic amines is 1. The Bertz CT molecular complexity index is 1150. The molecule has 0 radical (unpaired) electrons. The summed E-state index contributed by atoms with van der Waals surface area (Å²) in [4.78, 5) is 34.9. The molecule has 3 aromatic heterocycles. The SMILES string of the molecule is O=C(NCc1noc(-c2ccccc2)n1)C1CCN(c2ncnc3nc[nH]c23)CC1. The molecule has 0 spiro atoms. The van der Waals surface area contributed by atoms with E-state index in [0.29, 0.717) is 17.4 Å². The zero-order valence-corrected chi connectivity index (χ0v) is 16.2. The summed E-state index contributed by atoms with van der Waals surface area (Å²) in [6, 6.07) is 9.55. The highest BCUT2D eigenvalue weighted by molar-refractivity contribution is 5.83. The maximum Gasteiger partial charge on any atom is 0.257 e. The molecule has 1 amide bonds. The van der Waals surface area contributed by atoms with Crippen molar-refractivity contribution in [2.45, 2.75) is 19.4 Å². The van der Waals surface area contributed by atoms with Crippen molar-refractivity contribution in [3.63, 3.8) is 0 Å². The molecule has 4 heterocycles. The summed E-state index contributed by atoms with van der Waals surface area (Å²) < 4.78 is 5.28. The Morgan fingerprint density at radius 2 is 2.00 bits per heavy atom. The van der Waals surface area contributed by atoms with Crippen molar-refractivity contribution in [1.29, 1.82) is 0 Å². The second kappa shape index (κ2) is 7.90. The number of piperidine rings is 1. The van der Waals surface area contributed by atoms with Gasteiger partial charge in [-0.1, -0.05) is 23.4 Å². The van der Waals surface area contributed by atoms with Crippen LogP contribution in [0.4, 0.5) is 5.82 Å². The normalized spacial score (nSPS) is 14.9. The van der Waals surface area contributed by atoms with E-state index < -0.39 is 0 Å². The number of rotatable bonds is 5. The third-order valence-corrected chi connectivity index (χ3v) is 5.28. The van der Waals surface area contributed by atoms with Crippen molar-refractivity contribution in [1.82, 2.24) is 35.4 Å². The Kier molecular flexibility index (Phi) is 4.80. The molecule has 10 heteroatoms. The average Bonchev–Trinajstić information content (AvgIpc) is 3.48. The van der Waals surface area contributed by atoms with E-state index in [1.165, 1.54) is 6.33 Å². The summed E-state index contributed by atoms with van der Waals surface area (Å²) in [5.41, 5.74) is 2.33. The van der Waals surface area contributed by atoms with Gasteiger partial charge in [0.1, 0.15) is 11.8 Å². The fourth-order valence-corrected chi connectivity index (χ4v) is 3.68. The number of imidazole rings is 1. The molecule has 30 heavy (non-hydrogen) atoms. The minimum atomic E-state index is -0.0548. The van der Waals surface area contributed by atoms with Crippen molar-refractivity contribution in [3.05, 3.63) is 48.8 Å². The van der Waals surface area contributed by atoms with Gasteiger partial charge in [-0.05, 0) is 25.0 Å². The smallest absolute Gasteiger partial charge is 0.257 e. The minimum Gasteiger partial charge on any atom is -0.355 e. The highest BCUT2D eigenvalue weighted by atomic mass is 16.5. The lowest BCUT2D eigenvalue weighted by molar-refractivity contribution is -0.125. The zero-order valence-electron chi connectivity index (χ0n) is 16.2. The van der Waals surface area contributed by atoms with Gasteiger partial charge >= 0.3 is 0 Å². The molecular formula is C20H20N8O2. The summed E-state index contributed by atoms with van der Waals surface area (Å²) in [7, 11) is 0. The van der Waals surface area contributed by atoms with Gasteiger partial charge in [-0.25, -0.2) is 15.0 Å². The maximum atomic E-state index is 12.6. The van der Waals surface area contributed by atoms with Gasteiger partial charge in [-0.2, -0.15) is 4.98 Å². The van der Waals surface area contributed by atoms with Crippen LogP contribution in [0.3, 0.4) is 0 Å². The van der Waals surface area contributed by atoms with E-state index in [1.807, 2.05) is 30.3 Å². The number of nitrogens with one attached hydrogen (secondary N) is 2. The Morgan fingerprint density at radius 3 is 2.83 bits per heavy atom. The van der Waals surface area contributed by atoms with Gasteiger partial charge < -0.3 is 19.7 Å². The number of hydrogen-bond donors (Lipinski definition) is 2. The van der Waals surface area contributed by atoms with E-state index in [0.717, 1.165) is 42.8 Å². The lowest BCUT2D eigenvalue weighted by Crippen LogP contribution is -2.40. The summed E-state index contributed by atoms with van der Waals surface area (Å²) in [5.74, 6) is 1.69. The largest absolute Gasteiger partial charge is 0.355 e. The van der Waals surface area contributed by atoms with Crippen LogP contribution < -0.4 is 10.2 Å². The molecule has 1 aromatic carbocycles. The predicted molar refractivity (Wildman–Crippen MR) is 108 cm³/mol. The van der Waals surface area contributed by atoms with Crippen LogP contribution in [0.15, 0.2) is 47.5 Å². The fraction of sp³-hybridized carbons (Fsp3) is 0.300. The van der Waals surface area contributed by atoms with Crippen LogP contribution in [0.5, 0.6) is 0 Å². The number of H-pyrrole nitrogens is 1. The van der Waals surface area contributed by atoms with Crippen molar-refractivity contribution in [2.24, 2.45) is 5.92 Å². The average molecular weight is 404 g/mol. The Labute approximate surface area is 171 Å². The number of carbonyl (C=O) groups excluding carboxylic acids is 1. The number of nitrogens with zero attached hydrogens (tertiary/aromatic N) is 6. The second-order valence-corrected chi connectivity index (χ2v) is 7.16. The molecular weight excluding hydrogens is 384 g/mol. The molecule has 0 atom stereocenters. The quantitative estimate of drug-likeness (QED) is 0.517. The number of hydrogen-bond acceptors (Lipinski definition) is 8. The number of aromatic nitrogens is 6. The third kappa shape index (κ3) is 3.59. The second-order valence-electron chi connectivity index (χ2n) is 7.16. The highest BCUT2D eigenvalue weighted by Crippen LogP contribution is 2.25. The van der Waals surface area contributed by atoms with Crippen LogP contribution in [0.1, 0.15) is 18.7 Å². The van der Waals surface area contributed by atoms with E-state index in [9.17, 15) is 4.79 Å². The molecule has 4 aromatic rings. The van der Waals surface area contributed by atoms with Crippen LogP contribution in [-0.2, 0) is 11.3 Å². The predicted octanol–water partition coefficient (Wildman–Crippen LogP) is 1.94. The third-order valence-electron chi connectivity index (χ3n) is 5.28. The van der Waals surface area contributed by atoms with Gasteiger partial charge in [0, 0.05) is 24.6 Å². The van der Waals surface area contributed by atoms with Crippen LogP contribution in [0.25, 0.3) is 22.6 Å². The van der Waals surface area contributed by atoms with E-state index in [-0.39, 0.29) is 18.4 Å². The van der Waals surface area contributed by atoms with Gasteiger partial charge in [0.25, 0.3) is 5.89 Å². The van der Waals surface area contributed by atoms with Crippen molar-refractivity contribution in [2.75, 3.05) is 18.0 Å². The fourth-order valence-electron chi connectivity index (χ4n) is 3.68. The minimum absolute atomic E-state index is 0.00934. The summed E-state index contributed by atoms with van der Waals surface area (Å²) >= 11 is 0. The van der Waals surface area contributed by atoms with E-state index in [4.69, 9.17) is 4.52 Å². The van der Waals surface area contributed by atoms with Gasteiger partial charge in [0.15, 0.2) is 17.3 Å². The number of amides is 1. The monoisotopic (exact) mass is 404 g/mol. The Morgan fingerprint density at radius 1 is 1.17 bits per heavy atom. The van der Waals surface area contributed by atoms with Crippen molar-refractivity contribution < 1.29 is 9.32 Å².